The number of hydrogen-bond donors (Lipinski definition) is 3. The van der Waals surface area contributed by atoms with Gasteiger partial charge in [0.1, 0.15) is 4.21 Å². The number of ketones is 1. The Kier molecular flexibility index (Phi) is 3.98. The number of Topliss-reactive ketones (excluding diaryl/α,β-unsaturated/α-hetero) is 1. The second kappa shape index (κ2) is 5.84. The first kappa shape index (κ1) is 16.3. The van der Waals surface area contributed by atoms with E-state index in [0.29, 0.717) is 10.1 Å². The summed E-state index contributed by atoms with van der Waals surface area (Å²) < 4.78 is 27.5. The van der Waals surface area contributed by atoms with Crippen molar-refractivity contribution < 1.29 is 23.5 Å². The van der Waals surface area contributed by atoms with Crippen LogP contribution in [0.15, 0.2) is 39.9 Å². The van der Waals surface area contributed by atoms with Gasteiger partial charge in [0, 0.05) is 11.8 Å². The molecule has 24 heavy (non-hydrogen) atoms. The number of nitrogens with one attached hydrogen (secondary N) is 1. The lowest BCUT2D eigenvalue weighted by Crippen LogP contribution is -2.11. The minimum Gasteiger partial charge on any atom is -0.492 e. The molecule has 0 amide bonds. The lowest BCUT2D eigenvalue weighted by molar-refractivity contribution is 0.0980. The summed E-state index contributed by atoms with van der Waals surface area (Å²) in [6.07, 6.45) is 0.166. The molecule has 0 saturated heterocycles. The zero-order valence-electron chi connectivity index (χ0n) is 12.6. The molecule has 9 heteroatoms. The largest absolute Gasteiger partial charge is 0.492 e. The number of rotatable bonds is 5. The second-order valence-electron chi connectivity index (χ2n) is 5.06. The number of carbonyl (C=O) groups excluding carboxylic acids is 1. The van der Waals surface area contributed by atoms with E-state index in [0.717, 1.165) is 11.3 Å². The number of aromatic nitrogens is 1. The summed E-state index contributed by atoms with van der Waals surface area (Å²) in [5.74, 6) is -0.882. The number of sulfonamides is 1. The van der Waals surface area contributed by atoms with Crippen LogP contribution < -0.4 is 4.72 Å². The van der Waals surface area contributed by atoms with Gasteiger partial charge in [-0.25, -0.2) is 8.42 Å². The van der Waals surface area contributed by atoms with Crippen LogP contribution in [0.1, 0.15) is 23.7 Å². The first-order valence-corrected chi connectivity index (χ1v) is 9.37. The monoisotopic (exact) mass is 366 g/mol. The quantitative estimate of drug-likeness (QED) is 0.475. The third kappa shape index (κ3) is 2.61. The lowest BCUT2D eigenvalue weighted by Gasteiger charge is -2.06. The molecule has 126 valence electrons. The molecule has 0 saturated carbocycles. The Morgan fingerprint density at radius 2 is 2.08 bits per heavy atom. The maximum Gasteiger partial charge on any atom is 0.271 e. The van der Waals surface area contributed by atoms with Crippen LogP contribution in [0.2, 0.25) is 0 Å². The third-order valence-corrected chi connectivity index (χ3v) is 6.31. The third-order valence-electron chi connectivity index (χ3n) is 3.53. The van der Waals surface area contributed by atoms with Crippen molar-refractivity contribution in [2.24, 2.45) is 0 Å². The molecule has 3 aromatic rings. The SMILES string of the molecule is CCC(=O)c1c(O)n(O)c2cc(NS(=O)(=O)c3cccs3)ccc12. The molecular formula is C15H14N2O5S2. The minimum absolute atomic E-state index is 0.0164. The van der Waals surface area contributed by atoms with Gasteiger partial charge in [0.15, 0.2) is 5.78 Å². The predicted octanol–water partition coefficient (Wildman–Crippen LogP) is 3.04. The number of fused-ring (bicyclic) bond motifs is 1. The number of hydrogen-bond acceptors (Lipinski definition) is 6. The Bertz CT molecular complexity index is 1020. The van der Waals surface area contributed by atoms with Crippen LogP contribution in [-0.4, -0.2) is 29.2 Å². The Labute approximate surface area is 141 Å². The number of anilines is 1. The molecule has 0 spiro atoms. The number of carbonyl (C=O) groups is 1. The molecular weight excluding hydrogens is 352 g/mol. The maximum atomic E-state index is 12.2. The van der Waals surface area contributed by atoms with Gasteiger partial charge in [-0.3, -0.25) is 9.52 Å². The molecule has 0 bridgehead atoms. The van der Waals surface area contributed by atoms with E-state index in [1.165, 1.54) is 24.3 Å². The molecule has 0 radical (unpaired) electrons. The number of nitrogens with zero attached hydrogens (tertiary/aromatic N) is 1. The van der Waals surface area contributed by atoms with Crippen molar-refractivity contribution in [3.05, 3.63) is 41.3 Å². The van der Waals surface area contributed by atoms with Crippen molar-refractivity contribution >= 4 is 43.7 Å². The number of benzene rings is 1. The zero-order valence-corrected chi connectivity index (χ0v) is 14.2. The van der Waals surface area contributed by atoms with Gasteiger partial charge in [-0.1, -0.05) is 13.0 Å². The summed E-state index contributed by atoms with van der Waals surface area (Å²) in [5.41, 5.74) is 0.359. The molecule has 3 rings (SSSR count). The zero-order chi connectivity index (χ0) is 17.5. The van der Waals surface area contributed by atoms with Gasteiger partial charge in [-0.15, -0.1) is 11.3 Å². The van der Waals surface area contributed by atoms with Crippen LogP contribution in [0.3, 0.4) is 0 Å². The summed E-state index contributed by atoms with van der Waals surface area (Å²) >= 11 is 1.08. The summed E-state index contributed by atoms with van der Waals surface area (Å²) in [6, 6.07) is 7.41. The van der Waals surface area contributed by atoms with Crippen LogP contribution in [0, 0.1) is 0 Å². The molecule has 3 N–H and O–H groups in total. The van der Waals surface area contributed by atoms with Crippen LogP contribution in [0.25, 0.3) is 10.9 Å². The molecule has 0 aliphatic rings. The van der Waals surface area contributed by atoms with Gasteiger partial charge in [0.05, 0.1) is 16.8 Å². The molecule has 0 fully saturated rings. The average Bonchev–Trinajstić information content (AvgIpc) is 3.16. The highest BCUT2D eigenvalue weighted by Crippen LogP contribution is 2.33. The first-order valence-electron chi connectivity index (χ1n) is 7.01. The first-order chi connectivity index (χ1) is 11.3. The maximum absolute atomic E-state index is 12.2. The summed E-state index contributed by atoms with van der Waals surface area (Å²) in [5, 5.41) is 21.9. The smallest absolute Gasteiger partial charge is 0.271 e. The summed E-state index contributed by atoms with van der Waals surface area (Å²) in [7, 11) is -3.73. The minimum atomic E-state index is -3.73. The van der Waals surface area contributed by atoms with E-state index in [4.69, 9.17) is 0 Å². The molecule has 0 aliphatic carbocycles. The fourth-order valence-electron chi connectivity index (χ4n) is 2.40. The van der Waals surface area contributed by atoms with Gasteiger partial charge in [0.2, 0.25) is 5.88 Å². The Hall–Kier alpha value is -2.52. The Morgan fingerprint density at radius 1 is 1.33 bits per heavy atom. The van der Waals surface area contributed by atoms with Gasteiger partial charge >= 0.3 is 0 Å². The van der Waals surface area contributed by atoms with Crippen molar-refractivity contribution in [1.82, 2.24) is 4.73 Å². The number of aromatic hydroxyl groups is 1. The van der Waals surface area contributed by atoms with Crippen LogP contribution >= 0.6 is 11.3 Å². The highest BCUT2D eigenvalue weighted by atomic mass is 32.2. The fraction of sp³-hybridized carbons (Fsp3) is 0.133. The molecule has 7 nitrogen and oxygen atoms in total. The molecule has 2 heterocycles. The van der Waals surface area contributed by atoms with Crippen molar-refractivity contribution in [2.75, 3.05) is 4.72 Å². The van der Waals surface area contributed by atoms with Crippen molar-refractivity contribution in [3.63, 3.8) is 0 Å². The molecule has 1 aromatic carbocycles. The lowest BCUT2D eigenvalue weighted by atomic mass is 10.1. The Balaban J connectivity index is 2.07. The fourth-order valence-corrected chi connectivity index (χ4v) is 4.44. The molecule has 0 atom stereocenters. The van der Waals surface area contributed by atoms with Crippen molar-refractivity contribution in [2.45, 2.75) is 17.6 Å². The normalized spacial score (nSPS) is 11.7. The van der Waals surface area contributed by atoms with E-state index in [-0.39, 0.29) is 33.2 Å². The van der Waals surface area contributed by atoms with Gasteiger partial charge in [-0.05, 0) is 29.6 Å². The van der Waals surface area contributed by atoms with Gasteiger partial charge in [-0.2, -0.15) is 4.73 Å². The van der Waals surface area contributed by atoms with Crippen LogP contribution in [0.4, 0.5) is 5.69 Å². The van der Waals surface area contributed by atoms with Gasteiger partial charge in [0.25, 0.3) is 10.0 Å². The second-order valence-corrected chi connectivity index (χ2v) is 7.91. The summed E-state index contributed by atoms with van der Waals surface area (Å²) in [4.78, 5) is 11.9. The molecule has 0 unspecified atom stereocenters. The highest BCUT2D eigenvalue weighted by Gasteiger charge is 2.22. The Morgan fingerprint density at radius 3 is 2.71 bits per heavy atom. The van der Waals surface area contributed by atoms with Crippen molar-refractivity contribution in [3.8, 4) is 5.88 Å². The van der Waals surface area contributed by atoms with E-state index in [9.17, 15) is 23.5 Å². The summed E-state index contributed by atoms with van der Waals surface area (Å²) in [6.45, 7) is 1.64. The van der Waals surface area contributed by atoms with E-state index >= 15 is 0 Å². The molecule has 2 aromatic heterocycles. The molecule has 0 aliphatic heterocycles. The highest BCUT2D eigenvalue weighted by molar-refractivity contribution is 7.94. The van der Waals surface area contributed by atoms with Crippen LogP contribution in [0.5, 0.6) is 5.88 Å². The van der Waals surface area contributed by atoms with Crippen LogP contribution in [-0.2, 0) is 10.0 Å². The van der Waals surface area contributed by atoms with E-state index in [1.807, 2.05) is 0 Å². The van der Waals surface area contributed by atoms with Crippen molar-refractivity contribution in [1.29, 1.82) is 0 Å². The topological polar surface area (TPSA) is 109 Å². The van der Waals surface area contributed by atoms with E-state index in [1.54, 1.807) is 18.4 Å². The number of thiophene rings is 1. The van der Waals surface area contributed by atoms with Gasteiger partial charge < -0.3 is 10.3 Å². The average molecular weight is 366 g/mol. The predicted molar refractivity (Wildman–Crippen MR) is 90.5 cm³/mol. The van der Waals surface area contributed by atoms with E-state index < -0.39 is 15.9 Å². The standard InChI is InChI=1S/C15H14N2O5S2/c1-2-12(18)14-10-6-5-9(8-11(10)17(20)15(14)19)16-24(21,22)13-4-3-7-23-13/h3-8,16,19-20H,2H2,1H3. The van der Waals surface area contributed by atoms with E-state index in [2.05, 4.69) is 4.72 Å².